The van der Waals surface area contributed by atoms with Crippen molar-refractivity contribution in [2.75, 3.05) is 6.61 Å². The molecule has 3 N–H and O–H groups in total. The summed E-state index contributed by atoms with van der Waals surface area (Å²) in [6.45, 7) is 3.16. The fourth-order valence-electron chi connectivity index (χ4n) is 0.552. The summed E-state index contributed by atoms with van der Waals surface area (Å²) in [6, 6.07) is 0. The summed E-state index contributed by atoms with van der Waals surface area (Å²) in [6.07, 6.45) is -0.428. The van der Waals surface area contributed by atoms with Gasteiger partial charge in [0.05, 0.1) is 6.61 Å². The average molecular weight is 146 g/mol. The first-order valence-electron chi connectivity index (χ1n) is 3.31. The van der Waals surface area contributed by atoms with Crippen molar-refractivity contribution >= 4 is 0 Å². The van der Waals surface area contributed by atoms with Gasteiger partial charge in [0.2, 0.25) is 0 Å². The quantitative estimate of drug-likeness (QED) is 0.510. The van der Waals surface area contributed by atoms with Crippen molar-refractivity contribution in [2.45, 2.75) is 26.4 Å². The lowest BCUT2D eigenvalue weighted by Gasteiger charge is -2.08. The maximum absolute atomic E-state index is 9.06. The number of allylic oxidation sites excluding steroid dienone is 1. The molecule has 0 fully saturated rings. The highest BCUT2D eigenvalue weighted by molar-refractivity contribution is 5.07. The topological polar surface area (TPSA) is 60.7 Å². The van der Waals surface area contributed by atoms with E-state index in [2.05, 4.69) is 0 Å². The van der Waals surface area contributed by atoms with Crippen LogP contribution in [0.1, 0.15) is 20.3 Å². The molecule has 0 aromatic carbocycles. The van der Waals surface area contributed by atoms with Crippen LogP contribution in [0.3, 0.4) is 0 Å². The van der Waals surface area contributed by atoms with Gasteiger partial charge in [-0.05, 0) is 18.9 Å². The average Bonchev–Trinajstić information content (AvgIpc) is 2.00. The number of hydrogen-bond acceptors (Lipinski definition) is 3. The smallest absolute Gasteiger partial charge is 0.134 e. The van der Waals surface area contributed by atoms with Gasteiger partial charge in [0.25, 0.3) is 0 Å². The van der Waals surface area contributed by atoms with Crippen LogP contribution in [0.5, 0.6) is 0 Å². The molecule has 0 saturated heterocycles. The van der Waals surface area contributed by atoms with E-state index < -0.39 is 12.7 Å². The van der Waals surface area contributed by atoms with E-state index >= 15 is 0 Å². The summed E-state index contributed by atoms with van der Waals surface area (Å²) in [5.74, 6) is -0.106. The highest BCUT2D eigenvalue weighted by atomic mass is 16.3. The van der Waals surface area contributed by atoms with Crippen LogP contribution in [0.4, 0.5) is 0 Å². The number of aliphatic hydroxyl groups excluding tert-OH is 3. The Morgan fingerprint density at radius 2 is 2.00 bits per heavy atom. The third-order valence-electron chi connectivity index (χ3n) is 1.46. The second-order valence-electron chi connectivity index (χ2n) is 2.22. The molecule has 0 spiro atoms. The van der Waals surface area contributed by atoms with Gasteiger partial charge in [-0.3, -0.25) is 0 Å². The van der Waals surface area contributed by atoms with E-state index in [4.69, 9.17) is 15.3 Å². The zero-order chi connectivity index (χ0) is 8.15. The number of rotatable bonds is 3. The van der Waals surface area contributed by atoms with Gasteiger partial charge < -0.3 is 15.3 Å². The van der Waals surface area contributed by atoms with Crippen molar-refractivity contribution in [3.8, 4) is 0 Å². The third-order valence-corrected chi connectivity index (χ3v) is 1.46. The molecule has 0 aromatic heterocycles. The van der Waals surface area contributed by atoms with Crippen LogP contribution in [0, 0.1) is 0 Å². The van der Waals surface area contributed by atoms with Gasteiger partial charge in [-0.25, -0.2) is 0 Å². The van der Waals surface area contributed by atoms with Crippen LogP contribution in [-0.4, -0.2) is 28.0 Å². The summed E-state index contributed by atoms with van der Waals surface area (Å²) < 4.78 is 0. The molecule has 0 radical (unpaired) electrons. The lowest BCUT2D eigenvalue weighted by Crippen LogP contribution is -2.16. The van der Waals surface area contributed by atoms with Gasteiger partial charge in [-0.15, -0.1) is 0 Å². The standard InChI is InChI=1S/C7H14O3/c1-3-5(2)7(10)6(9)4-8/h6,8-10H,3-4H2,1-2H3. The normalized spacial score (nSPS) is 16.4. The van der Waals surface area contributed by atoms with E-state index in [1.54, 1.807) is 6.92 Å². The molecule has 0 aliphatic carbocycles. The van der Waals surface area contributed by atoms with Crippen molar-refractivity contribution < 1.29 is 15.3 Å². The van der Waals surface area contributed by atoms with Gasteiger partial charge in [0.1, 0.15) is 11.9 Å². The molecule has 0 amide bonds. The Hall–Kier alpha value is -0.540. The van der Waals surface area contributed by atoms with Gasteiger partial charge >= 0.3 is 0 Å². The zero-order valence-corrected chi connectivity index (χ0v) is 6.33. The monoisotopic (exact) mass is 146 g/mol. The minimum atomic E-state index is -1.11. The second-order valence-corrected chi connectivity index (χ2v) is 2.22. The molecule has 0 aliphatic heterocycles. The van der Waals surface area contributed by atoms with Crippen LogP contribution in [0.15, 0.2) is 11.3 Å². The van der Waals surface area contributed by atoms with Gasteiger partial charge in [-0.2, -0.15) is 0 Å². The fourth-order valence-corrected chi connectivity index (χ4v) is 0.552. The Kier molecular flexibility index (Phi) is 4.07. The number of aliphatic hydroxyl groups is 3. The van der Waals surface area contributed by atoms with E-state index in [9.17, 15) is 0 Å². The molecule has 3 nitrogen and oxygen atoms in total. The molecule has 0 aromatic rings. The fraction of sp³-hybridized carbons (Fsp3) is 0.714. The molecule has 10 heavy (non-hydrogen) atoms. The molecule has 3 heteroatoms. The Bertz CT molecular complexity index is 129. The lowest BCUT2D eigenvalue weighted by molar-refractivity contribution is 0.0852. The van der Waals surface area contributed by atoms with Crippen molar-refractivity contribution in [1.82, 2.24) is 0 Å². The summed E-state index contributed by atoms with van der Waals surface area (Å²) >= 11 is 0. The molecule has 0 heterocycles. The maximum Gasteiger partial charge on any atom is 0.134 e. The minimum Gasteiger partial charge on any atom is -0.510 e. The minimum absolute atomic E-state index is 0.106. The highest BCUT2D eigenvalue weighted by Crippen LogP contribution is 2.08. The molecular formula is C7H14O3. The summed E-state index contributed by atoms with van der Waals surface area (Å²) in [5, 5.41) is 26.3. The van der Waals surface area contributed by atoms with Crippen molar-refractivity contribution in [3.63, 3.8) is 0 Å². The summed E-state index contributed by atoms with van der Waals surface area (Å²) in [7, 11) is 0. The molecule has 0 aliphatic rings. The first-order valence-corrected chi connectivity index (χ1v) is 3.31. The summed E-state index contributed by atoms with van der Waals surface area (Å²) in [5.41, 5.74) is 0.710. The Balaban J connectivity index is 4.15. The van der Waals surface area contributed by atoms with Crippen LogP contribution in [0.25, 0.3) is 0 Å². The van der Waals surface area contributed by atoms with E-state index in [0.29, 0.717) is 12.0 Å². The Labute approximate surface area is 60.6 Å². The number of hydrogen-bond donors (Lipinski definition) is 3. The van der Waals surface area contributed by atoms with Gasteiger partial charge in [0, 0.05) is 0 Å². The molecule has 60 valence electrons. The maximum atomic E-state index is 9.06. The predicted molar refractivity (Wildman–Crippen MR) is 38.7 cm³/mol. The first-order chi connectivity index (χ1) is 4.63. The van der Waals surface area contributed by atoms with E-state index in [1.165, 1.54) is 0 Å². The lowest BCUT2D eigenvalue weighted by atomic mass is 10.1. The molecule has 0 bridgehead atoms. The van der Waals surface area contributed by atoms with Crippen molar-refractivity contribution in [1.29, 1.82) is 0 Å². The Morgan fingerprint density at radius 3 is 2.30 bits per heavy atom. The Morgan fingerprint density at radius 1 is 1.50 bits per heavy atom. The van der Waals surface area contributed by atoms with Crippen LogP contribution < -0.4 is 0 Å². The van der Waals surface area contributed by atoms with Gasteiger partial charge in [-0.1, -0.05) is 6.92 Å². The second kappa shape index (κ2) is 4.30. The SMILES string of the molecule is CCC(C)=C(O)C(O)CO. The van der Waals surface area contributed by atoms with Crippen LogP contribution in [0.2, 0.25) is 0 Å². The van der Waals surface area contributed by atoms with Crippen molar-refractivity contribution in [3.05, 3.63) is 11.3 Å². The molecule has 1 unspecified atom stereocenters. The molecule has 0 rings (SSSR count). The predicted octanol–water partition coefficient (Wildman–Crippen LogP) is 0.582. The van der Waals surface area contributed by atoms with Crippen LogP contribution in [-0.2, 0) is 0 Å². The van der Waals surface area contributed by atoms with E-state index in [1.807, 2.05) is 6.92 Å². The van der Waals surface area contributed by atoms with E-state index in [-0.39, 0.29) is 5.76 Å². The first kappa shape index (κ1) is 9.46. The molecule has 1 atom stereocenters. The van der Waals surface area contributed by atoms with E-state index in [0.717, 1.165) is 0 Å². The zero-order valence-electron chi connectivity index (χ0n) is 6.33. The summed E-state index contributed by atoms with van der Waals surface area (Å²) in [4.78, 5) is 0. The molecular weight excluding hydrogens is 132 g/mol. The molecule has 0 saturated carbocycles. The van der Waals surface area contributed by atoms with Crippen LogP contribution >= 0.6 is 0 Å². The van der Waals surface area contributed by atoms with Gasteiger partial charge in [0.15, 0.2) is 0 Å². The highest BCUT2D eigenvalue weighted by Gasteiger charge is 2.09. The third kappa shape index (κ3) is 2.37. The van der Waals surface area contributed by atoms with Crippen molar-refractivity contribution in [2.24, 2.45) is 0 Å². The largest absolute Gasteiger partial charge is 0.510 e.